The minimum absolute atomic E-state index is 0.0167. The molecule has 3 aromatic rings. The van der Waals surface area contributed by atoms with Gasteiger partial charge in [-0.2, -0.15) is 0 Å². The number of carbonyl (C=O) groups is 2. The van der Waals surface area contributed by atoms with Crippen LogP contribution in [0.4, 0.5) is 10.1 Å². The molecule has 1 unspecified atom stereocenters. The lowest BCUT2D eigenvalue weighted by Gasteiger charge is -2.33. The van der Waals surface area contributed by atoms with Crippen LogP contribution in [0.3, 0.4) is 0 Å². The Balaban J connectivity index is 1.67. The van der Waals surface area contributed by atoms with Gasteiger partial charge in [-0.15, -0.1) is 0 Å². The zero-order valence-electron chi connectivity index (χ0n) is 16.1. The van der Waals surface area contributed by atoms with E-state index in [4.69, 9.17) is 9.47 Å². The summed E-state index contributed by atoms with van der Waals surface area (Å²) < 4.78 is 24.0. The monoisotopic (exact) mass is 407 g/mol. The van der Waals surface area contributed by atoms with Gasteiger partial charge < -0.3 is 9.47 Å². The highest BCUT2D eigenvalue weighted by molar-refractivity contribution is 6.06. The van der Waals surface area contributed by atoms with Gasteiger partial charge in [0.1, 0.15) is 17.3 Å². The van der Waals surface area contributed by atoms with Crippen molar-refractivity contribution in [3.63, 3.8) is 0 Å². The number of esters is 1. The van der Waals surface area contributed by atoms with Crippen LogP contribution >= 0.6 is 0 Å². The third-order valence-electron chi connectivity index (χ3n) is 4.56. The number of ether oxygens (including phenoxy) is 2. The first-order valence-corrected chi connectivity index (χ1v) is 9.39. The van der Waals surface area contributed by atoms with Crippen molar-refractivity contribution in [2.45, 2.75) is 13.0 Å². The Hall–Kier alpha value is -3.81. The molecule has 0 radical (unpaired) electrons. The molecular formula is C22H18FN3O4. The molecule has 0 saturated heterocycles. The quantitative estimate of drug-likeness (QED) is 0.618. The first-order valence-electron chi connectivity index (χ1n) is 9.39. The average Bonchev–Trinajstić information content (AvgIpc) is 2.78. The van der Waals surface area contributed by atoms with Gasteiger partial charge in [0.15, 0.2) is 0 Å². The van der Waals surface area contributed by atoms with E-state index in [1.54, 1.807) is 43.3 Å². The maximum Gasteiger partial charge on any atom is 0.349 e. The van der Waals surface area contributed by atoms with Gasteiger partial charge in [0.2, 0.25) is 6.10 Å². The van der Waals surface area contributed by atoms with Crippen molar-refractivity contribution in [3.8, 4) is 17.0 Å². The lowest BCUT2D eigenvalue weighted by atomic mass is 10.1. The number of rotatable bonds is 4. The summed E-state index contributed by atoms with van der Waals surface area (Å²) in [5.41, 5.74) is 1.68. The van der Waals surface area contributed by atoms with Crippen molar-refractivity contribution in [2.75, 3.05) is 18.1 Å². The van der Waals surface area contributed by atoms with Crippen molar-refractivity contribution in [3.05, 3.63) is 72.4 Å². The molecule has 0 fully saturated rings. The molecule has 2 aromatic carbocycles. The number of carbonyl (C=O) groups excluding carboxylic acids is 2. The molecule has 0 aliphatic carbocycles. The Bertz CT molecular complexity index is 1090. The van der Waals surface area contributed by atoms with Gasteiger partial charge in [0.25, 0.3) is 5.91 Å². The summed E-state index contributed by atoms with van der Waals surface area (Å²) in [6.07, 6.45) is 1.91. The molecule has 8 heteroatoms. The van der Waals surface area contributed by atoms with E-state index in [1.807, 2.05) is 0 Å². The van der Waals surface area contributed by atoms with Gasteiger partial charge in [-0.05, 0) is 43.3 Å². The molecular weight excluding hydrogens is 389 g/mol. The highest BCUT2D eigenvalue weighted by Crippen LogP contribution is 2.34. The second-order valence-electron chi connectivity index (χ2n) is 6.54. The topological polar surface area (TPSA) is 81.6 Å². The van der Waals surface area contributed by atoms with Gasteiger partial charge in [-0.1, -0.05) is 12.1 Å². The Morgan fingerprint density at radius 3 is 2.70 bits per heavy atom. The Morgan fingerprint density at radius 1 is 1.17 bits per heavy atom. The Labute approximate surface area is 172 Å². The fraction of sp³-hybridized carbons (Fsp3) is 0.182. The van der Waals surface area contributed by atoms with Crippen LogP contribution in [-0.2, 0) is 9.53 Å². The normalized spacial score (nSPS) is 15.1. The predicted octanol–water partition coefficient (Wildman–Crippen LogP) is 3.25. The molecule has 0 saturated carbocycles. The summed E-state index contributed by atoms with van der Waals surface area (Å²) in [6, 6.07) is 12.7. The SMILES string of the molecule is CCOC(=O)C1CN(C(=O)c2cncc(-c3ccc(F)cc3)n2)c2ccccc2O1. The van der Waals surface area contributed by atoms with E-state index in [9.17, 15) is 14.0 Å². The number of hydrogen-bond donors (Lipinski definition) is 0. The Morgan fingerprint density at radius 2 is 1.93 bits per heavy atom. The molecule has 30 heavy (non-hydrogen) atoms. The van der Waals surface area contributed by atoms with E-state index in [2.05, 4.69) is 9.97 Å². The molecule has 0 spiro atoms. The number of fused-ring (bicyclic) bond motifs is 1. The zero-order chi connectivity index (χ0) is 21.1. The second-order valence-corrected chi connectivity index (χ2v) is 6.54. The minimum Gasteiger partial charge on any atom is -0.475 e. The maximum absolute atomic E-state index is 13.3. The summed E-state index contributed by atoms with van der Waals surface area (Å²) >= 11 is 0. The molecule has 1 amide bonds. The van der Waals surface area contributed by atoms with Gasteiger partial charge in [-0.3, -0.25) is 14.7 Å². The molecule has 0 bridgehead atoms. The third-order valence-corrected chi connectivity index (χ3v) is 4.56. The molecule has 152 valence electrons. The third kappa shape index (κ3) is 3.84. The standard InChI is InChI=1S/C22H18FN3O4/c1-2-29-22(28)20-13-26(18-5-3-4-6-19(18)30-20)21(27)17-12-24-11-16(25-17)14-7-9-15(23)10-8-14/h3-12,20H,2,13H2,1H3. The van der Waals surface area contributed by atoms with Crippen LogP contribution in [0.5, 0.6) is 5.75 Å². The fourth-order valence-corrected chi connectivity index (χ4v) is 3.15. The van der Waals surface area contributed by atoms with Crippen molar-refractivity contribution < 1.29 is 23.5 Å². The molecule has 1 aliphatic heterocycles. The molecule has 2 heterocycles. The lowest BCUT2D eigenvalue weighted by Crippen LogP contribution is -2.48. The summed E-state index contributed by atoms with van der Waals surface area (Å²) in [5, 5.41) is 0. The lowest BCUT2D eigenvalue weighted by molar-refractivity contribution is -0.151. The van der Waals surface area contributed by atoms with E-state index in [1.165, 1.54) is 29.4 Å². The number of halogens is 1. The average molecular weight is 407 g/mol. The van der Waals surface area contributed by atoms with Crippen molar-refractivity contribution in [2.24, 2.45) is 0 Å². The maximum atomic E-state index is 13.3. The van der Waals surface area contributed by atoms with Gasteiger partial charge in [0, 0.05) is 5.56 Å². The minimum atomic E-state index is -0.947. The Kier molecular flexibility index (Phi) is 5.38. The molecule has 1 aromatic heterocycles. The van der Waals surface area contributed by atoms with Gasteiger partial charge in [0.05, 0.1) is 36.9 Å². The number of nitrogens with zero attached hydrogens (tertiary/aromatic N) is 3. The van der Waals surface area contributed by atoms with Crippen LogP contribution in [0.2, 0.25) is 0 Å². The van der Waals surface area contributed by atoms with Crippen LogP contribution in [-0.4, -0.2) is 41.1 Å². The fourth-order valence-electron chi connectivity index (χ4n) is 3.15. The number of para-hydroxylation sites is 2. The smallest absolute Gasteiger partial charge is 0.349 e. The summed E-state index contributed by atoms with van der Waals surface area (Å²) in [7, 11) is 0. The van der Waals surface area contributed by atoms with Gasteiger partial charge >= 0.3 is 5.97 Å². The highest BCUT2D eigenvalue weighted by Gasteiger charge is 2.35. The summed E-state index contributed by atoms with van der Waals surface area (Å²) in [5.74, 6) is -0.945. The van der Waals surface area contributed by atoms with Crippen LogP contribution in [0.1, 0.15) is 17.4 Å². The predicted molar refractivity (Wildman–Crippen MR) is 107 cm³/mol. The molecule has 0 N–H and O–H groups in total. The van der Waals surface area contributed by atoms with Gasteiger partial charge in [-0.25, -0.2) is 14.2 Å². The summed E-state index contributed by atoms with van der Waals surface area (Å²) in [4.78, 5) is 35.5. The molecule has 7 nitrogen and oxygen atoms in total. The molecule has 1 aliphatic rings. The zero-order valence-corrected chi connectivity index (χ0v) is 16.1. The van der Waals surface area contributed by atoms with E-state index >= 15 is 0 Å². The van der Waals surface area contributed by atoms with E-state index in [0.717, 1.165) is 0 Å². The van der Waals surface area contributed by atoms with Crippen LogP contribution in [0.15, 0.2) is 60.9 Å². The van der Waals surface area contributed by atoms with Crippen LogP contribution < -0.4 is 9.64 Å². The number of hydrogen-bond acceptors (Lipinski definition) is 6. The van der Waals surface area contributed by atoms with Crippen LogP contribution in [0, 0.1) is 5.82 Å². The number of amides is 1. The van der Waals surface area contributed by atoms with Crippen LogP contribution in [0.25, 0.3) is 11.3 Å². The van der Waals surface area contributed by atoms with E-state index in [-0.39, 0.29) is 24.7 Å². The largest absolute Gasteiger partial charge is 0.475 e. The second kappa shape index (κ2) is 8.28. The summed E-state index contributed by atoms with van der Waals surface area (Å²) in [6.45, 7) is 1.89. The number of anilines is 1. The van der Waals surface area contributed by atoms with Crippen molar-refractivity contribution in [1.82, 2.24) is 9.97 Å². The number of aromatic nitrogens is 2. The number of benzene rings is 2. The van der Waals surface area contributed by atoms with Crippen molar-refractivity contribution in [1.29, 1.82) is 0 Å². The van der Waals surface area contributed by atoms with Crippen molar-refractivity contribution >= 4 is 17.6 Å². The highest BCUT2D eigenvalue weighted by atomic mass is 19.1. The van der Waals surface area contributed by atoms with E-state index < -0.39 is 18.0 Å². The first kappa shape index (κ1) is 19.5. The first-order chi connectivity index (χ1) is 14.6. The molecule has 4 rings (SSSR count). The van der Waals surface area contributed by atoms with E-state index in [0.29, 0.717) is 22.7 Å². The molecule has 1 atom stereocenters.